The Hall–Kier alpha value is -2.53. The fourth-order valence-corrected chi connectivity index (χ4v) is 3.97. The van der Waals surface area contributed by atoms with Crippen molar-refractivity contribution in [2.24, 2.45) is 0 Å². The van der Waals surface area contributed by atoms with Gasteiger partial charge in [-0.2, -0.15) is 0 Å². The Morgan fingerprint density at radius 3 is 2.03 bits per heavy atom. The standard InChI is InChI=1S/C24H21Cl2NO3/c1-29-21-12-2-16(3-13-21)14-27-22(28)15-30-24(18-6-10-20(26)11-7-18)23(27)17-4-8-19(25)9-5-17/h2-13,23-24H,14-15H2,1H3/t23-,24+/m1/s1. The smallest absolute Gasteiger partial charge is 0.249 e. The van der Waals surface area contributed by atoms with Crippen LogP contribution in [-0.2, 0) is 16.1 Å². The number of methoxy groups -OCH3 is 1. The minimum Gasteiger partial charge on any atom is -0.497 e. The number of benzene rings is 3. The van der Waals surface area contributed by atoms with Crippen molar-refractivity contribution in [3.05, 3.63) is 99.5 Å². The van der Waals surface area contributed by atoms with E-state index in [-0.39, 0.29) is 24.7 Å². The average Bonchev–Trinajstić information content (AvgIpc) is 2.77. The second-order valence-corrected chi connectivity index (χ2v) is 8.02. The number of morpholine rings is 1. The highest BCUT2D eigenvalue weighted by Crippen LogP contribution is 2.41. The monoisotopic (exact) mass is 441 g/mol. The number of amides is 1. The predicted octanol–water partition coefficient (Wildman–Crippen LogP) is 5.84. The third-order valence-corrected chi connectivity index (χ3v) is 5.76. The molecule has 30 heavy (non-hydrogen) atoms. The summed E-state index contributed by atoms with van der Waals surface area (Å²) in [6.45, 7) is 0.483. The topological polar surface area (TPSA) is 38.8 Å². The summed E-state index contributed by atoms with van der Waals surface area (Å²) in [5.41, 5.74) is 2.94. The van der Waals surface area contributed by atoms with Gasteiger partial charge in [0.25, 0.3) is 0 Å². The second-order valence-electron chi connectivity index (χ2n) is 7.15. The summed E-state index contributed by atoms with van der Waals surface area (Å²) in [6, 6.07) is 22.5. The molecule has 2 atom stereocenters. The summed E-state index contributed by atoms with van der Waals surface area (Å²) in [6.07, 6.45) is -0.320. The number of carbonyl (C=O) groups excluding carboxylic acids is 1. The maximum absolute atomic E-state index is 12.9. The molecule has 0 bridgehead atoms. The molecule has 0 saturated carbocycles. The number of hydrogen-bond donors (Lipinski definition) is 0. The fourth-order valence-electron chi connectivity index (χ4n) is 3.71. The first-order valence-corrected chi connectivity index (χ1v) is 10.4. The molecule has 4 rings (SSSR count). The van der Waals surface area contributed by atoms with Crippen molar-refractivity contribution in [2.75, 3.05) is 13.7 Å². The van der Waals surface area contributed by atoms with Crippen LogP contribution in [0.4, 0.5) is 0 Å². The third-order valence-electron chi connectivity index (χ3n) is 5.25. The number of carbonyl (C=O) groups is 1. The summed E-state index contributed by atoms with van der Waals surface area (Å²) in [4.78, 5) is 14.8. The summed E-state index contributed by atoms with van der Waals surface area (Å²) < 4.78 is 11.3. The van der Waals surface area contributed by atoms with Gasteiger partial charge in [-0.1, -0.05) is 59.6 Å². The molecule has 154 valence electrons. The fraction of sp³-hybridized carbons (Fsp3) is 0.208. The molecule has 0 radical (unpaired) electrons. The van der Waals surface area contributed by atoms with Gasteiger partial charge in [0.15, 0.2) is 0 Å². The van der Waals surface area contributed by atoms with E-state index in [9.17, 15) is 4.79 Å². The van der Waals surface area contributed by atoms with Crippen molar-refractivity contribution in [3.8, 4) is 5.75 Å². The van der Waals surface area contributed by atoms with Crippen LogP contribution < -0.4 is 4.74 Å². The van der Waals surface area contributed by atoms with E-state index in [1.165, 1.54) is 0 Å². The summed E-state index contributed by atoms with van der Waals surface area (Å²) >= 11 is 12.2. The van der Waals surface area contributed by atoms with Crippen LogP contribution in [0.5, 0.6) is 5.75 Å². The van der Waals surface area contributed by atoms with E-state index in [0.717, 1.165) is 22.4 Å². The summed E-state index contributed by atoms with van der Waals surface area (Å²) in [5.74, 6) is 0.719. The van der Waals surface area contributed by atoms with Crippen molar-refractivity contribution < 1.29 is 14.3 Å². The van der Waals surface area contributed by atoms with Crippen LogP contribution in [0.25, 0.3) is 0 Å². The minimum absolute atomic E-state index is 0.0214. The Labute approximate surface area is 185 Å². The van der Waals surface area contributed by atoms with Crippen LogP contribution in [0.1, 0.15) is 28.8 Å². The van der Waals surface area contributed by atoms with E-state index < -0.39 is 0 Å². The predicted molar refractivity (Wildman–Crippen MR) is 118 cm³/mol. The van der Waals surface area contributed by atoms with Gasteiger partial charge in [0.1, 0.15) is 18.5 Å². The van der Waals surface area contributed by atoms with Gasteiger partial charge >= 0.3 is 0 Å². The highest BCUT2D eigenvalue weighted by molar-refractivity contribution is 6.30. The van der Waals surface area contributed by atoms with Crippen LogP contribution in [-0.4, -0.2) is 24.5 Å². The molecule has 1 amide bonds. The van der Waals surface area contributed by atoms with Gasteiger partial charge < -0.3 is 14.4 Å². The lowest BCUT2D eigenvalue weighted by Gasteiger charge is -2.41. The first kappa shape index (κ1) is 20.7. The molecule has 0 N–H and O–H groups in total. The molecule has 0 spiro atoms. The van der Waals surface area contributed by atoms with E-state index in [1.54, 1.807) is 7.11 Å². The molecular weight excluding hydrogens is 421 g/mol. The van der Waals surface area contributed by atoms with Crippen molar-refractivity contribution >= 4 is 29.1 Å². The van der Waals surface area contributed by atoms with Gasteiger partial charge in [-0.3, -0.25) is 4.79 Å². The number of ether oxygens (including phenoxy) is 2. The van der Waals surface area contributed by atoms with Gasteiger partial charge in [0, 0.05) is 16.6 Å². The Kier molecular flexibility index (Phi) is 6.28. The van der Waals surface area contributed by atoms with Crippen LogP contribution in [0.2, 0.25) is 10.0 Å². The zero-order valence-electron chi connectivity index (χ0n) is 16.4. The second kappa shape index (κ2) is 9.09. The quantitative estimate of drug-likeness (QED) is 0.498. The van der Waals surface area contributed by atoms with Crippen molar-refractivity contribution in [1.29, 1.82) is 0 Å². The zero-order chi connectivity index (χ0) is 21.1. The van der Waals surface area contributed by atoms with Crippen molar-refractivity contribution in [2.45, 2.75) is 18.7 Å². The number of hydrogen-bond acceptors (Lipinski definition) is 3. The van der Waals surface area contributed by atoms with Crippen LogP contribution in [0, 0.1) is 0 Å². The van der Waals surface area contributed by atoms with Crippen molar-refractivity contribution in [3.63, 3.8) is 0 Å². The molecule has 1 aliphatic heterocycles. The van der Waals surface area contributed by atoms with Gasteiger partial charge in [0.05, 0.1) is 13.2 Å². The SMILES string of the molecule is COc1ccc(CN2C(=O)CO[C@@H](c3ccc(Cl)cc3)[C@H]2c2ccc(Cl)cc2)cc1. The molecule has 4 nitrogen and oxygen atoms in total. The summed E-state index contributed by atoms with van der Waals surface area (Å²) in [7, 11) is 1.63. The van der Waals surface area contributed by atoms with Gasteiger partial charge in [-0.25, -0.2) is 0 Å². The molecule has 1 heterocycles. The van der Waals surface area contributed by atoms with Crippen molar-refractivity contribution in [1.82, 2.24) is 4.90 Å². The van der Waals surface area contributed by atoms with Crippen LogP contribution >= 0.6 is 23.2 Å². The van der Waals surface area contributed by atoms with E-state index >= 15 is 0 Å². The minimum atomic E-state index is -0.320. The number of halogens is 2. The number of rotatable bonds is 5. The molecular formula is C24H21Cl2NO3. The highest BCUT2D eigenvalue weighted by Gasteiger charge is 2.38. The molecule has 1 fully saturated rings. The molecule has 0 unspecified atom stereocenters. The lowest BCUT2D eigenvalue weighted by molar-refractivity contribution is -0.159. The number of nitrogens with zero attached hydrogens (tertiary/aromatic N) is 1. The van der Waals surface area contributed by atoms with E-state index in [4.69, 9.17) is 32.7 Å². The lowest BCUT2D eigenvalue weighted by Crippen LogP contribution is -2.45. The van der Waals surface area contributed by atoms with Crippen LogP contribution in [0.15, 0.2) is 72.8 Å². The molecule has 3 aromatic rings. The summed E-state index contributed by atoms with van der Waals surface area (Å²) in [5, 5.41) is 1.30. The Morgan fingerprint density at radius 1 is 0.900 bits per heavy atom. The molecule has 3 aromatic carbocycles. The largest absolute Gasteiger partial charge is 0.497 e. The average molecular weight is 442 g/mol. The first-order chi connectivity index (χ1) is 14.5. The maximum atomic E-state index is 12.9. The van der Waals surface area contributed by atoms with Gasteiger partial charge in [-0.15, -0.1) is 0 Å². The lowest BCUT2D eigenvalue weighted by atomic mass is 9.92. The van der Waals surface area contributed by atoms with Gasteiger partial charge in [0.2, 0.25) is 5.91 Å². The Morgan fingerprint density at radius 2 is 1.47 bits per heavy atom. The van der Waals surface area contributed by atoms with Gasteiger partial charge in [-0.05, 0) is 53.1 Å². The van der Waals surface area contributed by atoms with E-state index in [0.29, 0.717) is 16.6 Å². The zero-order valence-corrected chi connectivity index (χ0v) is 17.9. The van der Waals surface area contributed by atoms with Crippen LogP contribution in [0.3, 0.4) is 0 Å². The van der Waals surface area contributed by atoms with E-state index in [1.807, 2.05) is 77.7 Å². The normalized spacial score (nSPS) is 19.0. The molecule has 1 saturated heterocycles. The molecule has 6 heteroatoms. The Bertz CT molecular complexity index is 1000. The third kappa shape index (κ3) is 4.46. The molecule has 0 aliphatic carbocycles. The maximum Gasteiger partial charge on any atom is 0.249 e. The first-order valence-electron chi connectivity index (χ1n) is 9.60. The Balaban J connectivity index is 1.72. The van der Waals surface area contributed by atoms with E-state index in [2.05, 4.69) is 0 Å². The highest BCUT2D eigenvalue weighted by atomic mass is 35.5. The molecule has 0 aromatic heterocycles. The molecule has 1 aliphatic rings.